The van der Waals surface area contributed by atoms with Crippen molar-refractivity contribution in [1.82, 2.24) is 5.16 Å². The number of carbonyl (C=O) groups is 3. The lowest BCUT2D eigenvalue weighted by atomic mass is 9.34. The standard InChI is InChI=1S/C32H44N2O5/c1-27(2)10-12-32(26(37)38-7)13-11-30(5)23(19(32)16-27)20(35)14-22-28(3)15-18-17-34-39-24(18)31(6,25(33)36)21(28)8-9-29(22,30)4/h14,17,19,21,23H,8-13,15-16H2,1-7H3,(H2,33,36)/t19-,21?,23-,28-,29+,30+,31-,32-/m0/s1. The van der Waals surface area contributed by atoms with Crippen molar-refractivity contribution >= 4 is 17.7 Å². The summed E-state index contributed by atoms with van der Waals surface area (Å²) in [4.78, 5) is 41.0. The second-order valence-corrected chi connectivity index (χ2v) is 15.2. The monoisotopic (exact) mass is 536 g/mol. The Morgan fingerprint density at radius 2 is 1.74 bits per heavy atom. The molecule has 212 valence electrons. The molecule has 39 heavy (non-hydrogen) atoms. The highest BCUT2D eigenvalue weighted by Crippen LogP contribution is 2.74. The molecule has 8 atom stereocenters. The van der Waals surface area contributed by atoms with Crippen LogP contribution >= 0.6 is 0 Å². The number of hydrogen-bond donors (Lipinski definition) is 1. The molecule has 0 aromatic carbocycles. The van der Waals surface area contributed by atoms with Crippen LogP contribution in [0.15, 0.2) is 22.4 Å². The van der Waals surface area contributed by atoms with Gasteiger partial charge in [-0.25, -0.2) is 0 Å². The van der Waals surface area contributed by atoms with Crippen LogP contribution < -0.4 is 5.73 Å². The molecule has 0 saturated heterocycles. The Balaban J connectivity index is 1.52. The minimum atomic E-state index is -0.998. The lowest BCUT2D eigenvalue weighted by molar-refractivity contribution is -0.191. The first-order valence-electron chi connectivity index (χ1n) is 14.7. The largest absolute Gasteiger partial charge is 0.469 e. The van der Waals surface area contributed by atoms with Crippen LogP contribution in [-0.4, -0.2) is 29.9 Å². The van der Waals surface area contributed by atoms with E-state index in [1.165, 1.54) is 7.11 Å². The maximum absolute atomic E-state index is 14.5. The van der Waals surface area contributed by atoms with Gasteiger partial charge in [-0.3, -0.25) is 14.4 Å². The Hall–Kier alpha value is -2.44. The zero-order chi connectivity index (χ0) is 28.4. The Kier molecular flexibility index (Phi) is 5.39. The fourth-order valence-electron chi connectivity index (χ4n) is 10.8. The Morgan fingerprint density at radius 1 is 1.05 bits per heavy atom. The van der Waals surface area contributed by atoms with Gasteiger partial charge in [0.05, 0.1) is 18.7 Å². The molecule has 1 aromatic rings. The lowest BCUT2D eigenvalue weighted by Crippen LogP contribution is -2.67. The Labute approximate surface area is 231 Å². The number of aromatic nitrogens is 1. The number of carbonyl (C=O) groups excluding carboxylic acids is 3. The van der Waals surface area contributed by atoms with Crippen molar-refractivity contribution in [3.63, 3.8) is 0 Å². The highest BCUT2D eigenvalue weighted by Gasteiger charge is 2.72. The third kappa shape index (κ3) is 3.05. The molecule has 0 aliphatic heterocycles. The molecule has 1 heterocycles. The molecule has 7 nitrogen and oxygen atoms in total. The van der Waals surface area contributed by atoms with E-state index in [9.17, 15) is 14.4 Å². The number of nitrogens with zero attached hydrogens (tertiary/aromatic N) is 1. The SMILES string of the molecule is COC(=O)[C@]12CCC(C)(C)C[C@H]1[C@H]1C(=O)C=C3[C@@]4(C)Cc5cnoc5[C@@](C)(C(N)=O)C4CC[C@@]3(C)[C@]1(C)CC2. The number of primary amides is 1. The van der Waals surface area contributed by atoms with E-state index in [1.54, 1.807) is 6.20 Å². The third-order valence-electron chi connectivity index (χ3n) is 13.1. The number of allylic oxidation sites excluding steroid dienone is 2. The second kappa shape index (κ2) is 7.85. The van der Waals surface area contributed by atoms with Crippen molar-refractivity contribution in [2.24, 2.45) is 50.6 Å². The Bertz CT molecular complexity index is 1310. The molecule has 5 aliphatic carbocycles. The van der Waals surface area contributed by atoms with E-state index in [4.69, 9.17) is 15.0 Å². The van der Waals surface area contributed by atoms with Crippen LogP contribution in [0, 0.1) is 44.8 Å². The first kappa shape index (κ1) is 26.8. The van der Waals surface area contributed by atoms with E-state index in [2.05, 4.69) is 39.8 Å². The predicted octanol–water partition coefficient (Wildman–Crippen LogP) is 5.31. The van der Waals surface area contributed by atoms with Crippen molar-refractivity contribution in [2.75, 3.05) is 7.11 Å². The maximum Gasteiger partial charge on any atom is 0.312 e. The van der Waals surface area contributed by atoms with Crippen LogP contribution in [-0.2, 0) is 31.0 Å². The molecular weight excluding hydrogens is 492 g/mol. The molecule has 0 spiro atoms. The number of amides is 1. The minimum absolute atomic E-state index is 0.0491. The van der Waals surface area contributed by atoms with Crippen molar-refractivity contribution in [1.29, 1.82) is 0 Å². The van der Waals surface area contributed by atoms with E-state index in [1.807, 2.05) is 13.0 Å². The van der Waals surface area contributed by atoms with Gasteiger partial charge in [0.25, 0.3) is 0 Å². The molecule has 0 radical (unpaired) electrons. The fourth-order valence-corrected chi connectivity index (χ4v) is 10.8. The number of fused-ring (bicyclic) bond motifs is 8. The maximum atomic E-state index is 14.5. The average Bonchev–Trinajstić information content (AvgIpc) is 3.33. The number of hydrogen-bond acceptors (Lipinski definition) is 6. The van der Waals surface area contributed by atoms with Gasteiger partial charge in [-0.05, 0) is 97.9 Å². The summed E-state index contributed by atoms with van der Waals surface area (Å²) in [5, 5.41) is 4.06. The summed E-state index contributed by atoms with van der Waals surface area (Å²) >= 11 is 0. The van der Waals surface area contributed by atoms with Crippen molar-refractivity contribution in [3.05, 3.63) is 29.2 Å². The van der Waals surface area contributed by atoms with E-state index in [-0.39, 0.29) is 45.8 Å². The van der Waals surface area contributed by atoms with Crippen LogP contribution in [0.2, 0.25) is 0 Å². The third-order valence-corrected chi connectivity index (χ3v) is 13.1. The summed E-state index contributed by atoms with van der Waals surface area (Å²) in [7, 11) is 1.49. The average molecular weight is 537 g/mol. The van der Waals surface area contributed by atoms with Gasteiger partial charge >= 0.3 is 5.97 Å². The number of nitrogens with two attached hydrogens (primary N) is 1. The molecule has 1 amide bonds. The molecule has 1 aromatic heterocycles. The van der Waals surface area contributed by atoms with Crippen LogP contribution in [0.1, 0.15) is 97.8 Å². The fraction of sp³-hybridized carbons (Fsp3) is 0.750. The summed E-state index contributed by atoms with van der Waals surface area (Å²) in [5.74, 6) is -0.211. The zero-order valence-corrected chi connectivity index (χ0v) is 24.6. The van der Waals surface area contributed by atoms with Gasteiger partial charge < -0.3 is 15.0 Å². The highest BCUT2D eigenvalue weighted by atomic mass is 16.5. The molecule has 0 bridgehead atoms. The molecule has 2 N–H and O–H groups in total. The van der Waals surface area contributed by atoms with Gasteiger partial charge in [0.15, 0.2) is 11.5 Å². The second-order valence-electron chi connectivity index (χ2n) is 15.2. The van der Waals surface area contributed by atoms with Gasteiger partial charge in [0.1, 0.15) is 5.41 Å². The van der Waals surface area contributed by atoms with Crippen molar-refractivity contribution < 1.29 is 23.6 Å². The van der Waals surface area contributed by atoms with Crippen molar-refractivity contribution in [3.8, 4) is 0 Å². The summed E-state index contributed by atoms with van der Waals surface area (Å²) in [6.45, 7) is 13.3. The van der Waals surface area contributed by atoms with E-state index in [0.717, 1.165) is 56.1 Å². The van der Waals surface area contributed by atoms with Crippen LogP contribution in [0.3, 0.4) is 0 Å². The Morgan fingerprint density at radius 3 is 2.41 bits per heavy atom. The van der Waals surface area contributed by atoms with E-state index >= 15 is 0 Å². The highest BCUT2D eigenvalue weighted by molar-refractivity contribution is 5.96. The first-order valence-corrected chi connectivity index (χ1v) is 14.7. The summed E-state index contributed by atoms with van der Waals surface area (Å²) < 4.78 is 11.1. The number of rotatable bonds is 2. The number of ether oxygens (including phenoxy) is 1. The predicted molar refractivity (Wildman–Crippen MR) is 145 cm³/mol. The lowest BCUT2D eigenvalue weighted by Gasteiger charge is -2.69. The topological polar surface area (TPSA) is 112 Å². The summed E-state index contributed by atoms with van der Waals surface area (Å²) in [6, 6.07) is 0. The van der Waals surface area contributed by atoms with Gasteiger partial charge in [0.2, 0.25) is 5.91 Å². The molecule has 5 aliphatic rings. The van der Waals surface area contributed by atoms with Gasteiger partial charge in [-0.15, -0.1) is 0 Å². The van der Waals surface area contributed by atoms with Gasteiger partial charge in [-0.2, -0.15) is 0 Å². The molecule has 6 rings (SSSR count). The minimum Gasteiger partial charge on any atom is -0.469 e. The van der Waals surface area contributed by atoms with Gasteiger partial charge in [-0.1, -0.05) is 45.3 Å². The molecule has 1 unspecified atom stereocenters. The zero-order valence-electron chi connectivity index (χ0n) is 24.6. The van der Waals surface area contributed by atoms with Crippen LogP contribution in [0.4, 0.5) is 0 Å². The van der Waals surface area contributed by atoms with Crippen LogP contribution in [0.5, 0.6) is 0 Å². The number of esters is 1. The summed E-state index contributed by atoms with van der Waals surface area (Å²) in [5.41, 5.74) is 5.61. The molecule has 3 fully saturated rings. The first-order chi connectivity index (χ1) is 18.1. The number of ketones is 1. The normalized spacial score (nSPS) is 46.0. The number of methoxy groups -OCH3 is 1. The van der Waals surface area contributed by atoms with E-state index in [0.29, 0.717) is 12.2 Å². The quantitative estimate of drug-likeness (QED) is 0.513. The van der Waals surface area contributed by atoms with Gasteiger partial charge in [0, 0.05) is 11.5 Å². The smallest absolute Gasteiger partial charge is 0.312 e. The molecular formula is C32H44N2O5. The molecule has 3 saturated carbocycles. The summed E-state index contributed by atoms with van der Waals surface area (Å²) in [6.07, 6.45) is 10.1. The molecule has 7 heteroatoms. The van der Waals surface area contributed by atoms with E-state index < -0.39 is 22.2 Å². The van der Waals surface area contributed by atoms with Crippen molar-refractivity contribution in [2.45, 2.75) is 98.3 Å². The van der Waals surface area contributed by atoms with Crippen LogP contribution in [0.25, 0.3) is 0 Å².